The lowest BCUT2D eigenvalue weighted by Crippen LogP contribution is -2.30. The molecule has 2 aromatic carbocycles. The smallest absolute Gasteiger partial charge is 0.254 e. The van der Waals surface area contributed by atoms with Crippen molar-refractivity contribution in [1.82, 2.24) is 10.6 Å². The van der Waals surface area contributed by atoms with Gasteiger partial charge in [0.25, 0.3) is 11.8 Å². The highest BCUT2D eigenvalue weighted by Crippen LogP contribution is 2.45. The number of ether oxygens (including phenoxy) is 2. The van der Waals surface area contributed by atoms with Gasteiger partial charge in [-0.1, -0.05) is 12.1 Å². The van der Waals surface area contributed by atoms with Gasteiger partial charge in [0.2, 0.25) is 0 Å². The molecule has 0 spiro atoms. The van der Waals surface area contributed by atoms with Crippen molar-refractivity contribution in [2.24, 2.45) is 11.8 Å². The lowest BCUT2D eigenvalue weighted by molar-refractivity contribution is 0.0929. The maximum absolute atomic E-state index is 13.3. The average molecular weight is 396 g/mol. The zero-order valence-corrected chi connectivity index (χ0v) is 15.9. The van der Waals surface area contributed by atoms with E-state index in [9.17, 15) is 14.0 Å². The molecule has 2 amide bonds. The van der Waals surface area contributed by atoms with Crippen molar-refractivity contribution in [2.75, 3.05) is 26.9 Å². The van der Waals surface area contributed by atoms with E-state index in [0.717, 1.165) is 11.1 Å². The second-order valence-electron chi connectivity index (χ2n) is 7.80. The Morgan fingerprint density at radius 3 is 2.45 bits per heavy atom. The fraction of sp³-hybridized carbons (Fsp3) is 0.364. The number of benzene rings is 2. The van der Waals surface area contributed by atoms with Crippen LogP contribution >= 0.6 is 0 Å². The zero-order valence-electron chi connectivity index (χ0n) is 15.9. The molecule has 0 unspecified atom stereocenters. The molecule has 6 nitrogen and oxygen atoms in total. The predicted molar refractivity (Wildman–Crippen MR) is 103 cm³/mol. The molecule has 0 bridgehead atoms. The summed E-state index contributed by atoms with van der Waals surface area (Å²) in [5, 5.41) is 5.68. The number of nitrogens with one attached hydrogen (secondary N) is 2. The van der Waals surface area contributed by atoms with Gasteiger partial charge in [-0.3, -0.25) is 9.59 Å². The summed E-state index contributed by atoms with van der Waals surface area (Å²) in [6, 6.07) is 9.71. The van der Waals surface area contributed by atoms with E-state index < -0.39 is 0 Å². The number of hydrogen-bond acceptors (Lipinski definition) is 4. The van der Waals surface area contributed by atoms with Crippen LogP contribution in [0.3, 0.4) is 0 Å². The fourth-order valence-corrected chi connectivity index (χ4v) is 4.42. The number of carbonyl (C=O) groups is 2. The number of carbonyl (C=O) groups excluding carboxylic acids is 2. The molecule has 1 saturated heterocycles. The third kappa shape index (κ3) is 3.06. The van der Waals surface area contributed by atoms with Crippen LogP contribution in [0.4, 0.5) is 4.39 Å². The quantitative estimate of drug-likeness (QED) is 0.830. The second kappa shape index (κ2) is 6.84. The summed E-state index contributed by atoms with van der Waals surface area (Å²) in [6.07, 6.45) is 0. The first kappa shape index (κ1) is 18.1. The van der Waals surface area contributed by atoms with Gasteiger partial charge in [-0.05, 0) is 29.8 Å². The number of rotatable bonds is 4. The Kier molecular flexibility index (Phi) is 4.28. The van der Waals surface area contributed by atoms with Crippen LogP contribution in [0.25, 0.3) is 0 Å². The standard InChI is InChI=1S/C22H21FN2O4/c1-24-22(27)15-7-12(21(26)25-19-17-8-28-9-18(17)19)6-14-16(10-29-20(14)15)11-2-4-13(23)5-3-11/h2-7,16-19H,8-10H2,1H3,(H,24,27)(H,25,26)/t16-,17-,18+,19+/m0/s1. The summed E-state index contributed by atoms with van der Waals surface area (Å²) < 4.78 is 24.5. The first-order chi connectivity index (χ1) is 14.1. The largest absolute Gasteiger partial charge is 0.491 e. The van der Waals surface area contributed by atoms with Crippen LogP contribution < -0.4 is 15.4 Å². The van der Waals surface area contributed by atoms with Crippen molar-refractivity contribution in [3.05, 3.63) is 64.5 Å². The predicted octanol–water partition coefficient (Wildman–Crippen LogP) is 2.08. The molecule has 3 aliphatic rings. The lowest BCUT2D eigenvalue weighted by Gasteiger charge is -2.14. The molecule has 4 atom stereocenters. The van der Waals surface area contributed by atoms with Crippen LogP contribution in [0, 0.1) is 17.7 Å². The Morgan fingerprint density at radius 2 is 1.76 bits per heavy atom. The third-order valence-corrected chi connectivity index (χ3v) is 6.14. The Hall–Kier alpha value is -2.93. The van der Waals surface area contributed by atoms with E-state index in [4.69, 9.17) is 9.47 Å². The number of halogens is 1. The molecule has 2 fully saturated rings. The molecule has 150 valence electrons. The van der Waals surface area contributed by atoms with Crippen LogP contribution in [0.5, 0.6) is 5.75 Å². The molecule has 1 saturated carbocycles. The molecule has 5 rings (SSSR count). The Labute approximate surface area is 167 Å². The monoisotopic (exact) mass is 396 g/mol. The summed E-state index contributed by atoms with van der Waals surface area (Å²) >= 11 is 0. The normalized spacial score (nSPS) is 26.3. The second-order valence-corrected chi connectivity index (χ2v) is 7.80. The molecule has 2 aromatic rings. The molecular formula is C22H21FN2O4. The molecule has 0 aromatic heterocycles. The van der Waals surface area contributed by atoms with E-state index in [0.29, 0.717) is 48.5 Å². The first-order valence-electron chi connectivity index (χ1n) is 9.73. The minimum absolute atomic E-state index is 0.136. The fourth-order valence-electron chi connectivity index (χ4n) is 4.42. The highest BCUT2D eigenvalue weighted by Gasteiger charge is 2.54. The van der Waals surface area contributed by atoms with E-state index >= 15 is 0 Å². The van der Waals surface area contributed by atoms with E-state index in [2.05, 4.69) is 10.6 Å². The van der Waals surface area contributed by atoms with Gasteiger partial charge in [-0.25, -0.2) is 4.39 Å². The van der Waals surface area contributed by atoms with Crippen LogP contribution in [0.1, 0.15) is 37.8 Å². The van der Waals surface area contributed by atoms with Crippen LogP contribution in [-0.2, 0) is 4.74 Å². The van der Waals surface area contributed by atoms with Gasteiger partial charge in [0.15, 0.2) is 0 Å². The molecule has 2 aliphatic heterocycles. The maximum Gasteiger partial charge on any atom is 0.254 e. The minimum atomic E-state index is -0.314. The van der Waals surface area contributed by atoms with Crippen LogP contribution in [0.2, 0.25) is 0 Å². The van der Waals surface area contributed by atoms with Crippen molar-refractivity contribution in [3.8, 4) is 5.75 Å². The SMILES string of the molecule is CNC(=O)c1cc(C(=O)N[C@H]2[C@@H]3COC[C@@H]32)cc2c1OC[C@H]2c1ccc(F)cc1. The van der Waals surface area contributed by atoms with Crippen LogP contribution in [-0.4, -0.2) is 44.7 Å². The number of hydrogen-bond donors (Lipinski definition) is 2. The van der Waals surface area contributed by atoms with Crippen molar-refractivity contribution in [3.63, 3.8) is 0 Å². The summed E-state index contributed by atoms with van der Waals surface area (Å²) in [6.45, 7) is 1.70. The van der Waals surface area contributed by atoms with E-state index in [1.165, 1.54) is 12.1 Å². The highest BCUT2D eigenvalue weighted by molar-refractivity contribution is 6.02. The highest BCUT2D eigenvalue weighted by atomic mass is 19.1. The summed E-state index contributed by atoms with van der Waals surface area (Å²) in [7, 11) is 1.54. The van der Waals surface area contributed by atoms with E-state index in [-0.39, 0.29) is 29.6 Å². The minimum Gasteiger partial charge on any atom is -0.491 e. The average Bonchev–Trinajstić information content (AvgIpc) is 3.09. The zero-order chi connectivity index (χ0) is 20.1. The molecule has 2 N–H and O–H groups in total. The van der Waals surface area contributed by atoms with Gasteiger partial charge in [-0.2, -0.15) is 0 Å². The van der Waals surface area contributed by atoms with Crippen molar-refractivity contribution in [2.45, 2.75) is 12.0 Å². The molecule has 1 aliphatic carbocycles. The number of fused-ring (bicyclic) bond motifs is 2. The van der Waals surface area contributed by atoms with E-state index in [1.807, 2.05) is 0 Å². The van der Waals surface area contributed by atoms with Crippen molar-refractivity contribution < 1.29 is 23.5 Å². The Morgan fingerprint density at radius 1 is 1.03 bits per heavy atom. The summed E-state index contributed by atoms with van der Waals surface area (Å²) in [4.78, 5) is 25.3. The van der Waals surface area contributed by atoms with Crippen LogP contribution in [0.15, 0.2) is 36.4 Å². The van der Waals surface area contributed by atoms with Gasteiger partial charge in [0, 0.05) is 42.0 Å². The molecule has 0 radical (unpaired) electrons. The van der Waals surface area contributed by atoms with Crippen molar-refractivity contribution >= 4 is 11.8 Å². The Bertz CT molecular complexity index is 981. The maximum atomic E-state index is 13.3. The molecule has 7 heteroatoms. The number of amides is 2. The van der Waals surface area contributed by atoms with Gasteiger partial charge >= 0.3 is 0 Å². The third-order valence-electron chi connectivity index (χ3n) is 6.14. The molecule has 29 heavy (non-hydrogen) atoms. The van der Waals surface area contributed by atoms with Gasteiger partial charge in [0.1, 0.15) is 11.6 Å². The van der Waals surface area contributed by atoms with Gasteiger partial charge < -0.3 is 20.1 Å². The molecular weight excluding hydrogens is 375 g/mol. The van der Waals surface area contributed by atoms with E-state index in [1.54, 1.807) is 31.3 Å². The Balaban J connectivity index is 1.49. The topological polar surface area (TPSA) is 76.7 Å². The summed E-state index contributed by atoms with van der Waals surface area (Å²) in [5.41, 5.74) is 2.39. The van der Waals surface area contributed by atoms with Crippen molar-refractivity contribution in [1.29, 1.82) is 0 Å². The summed E-state index contributed by atoms with van der Waals surface area (Å²) in [5.74, 6) is 0.257. The lowest BCUT2D eigenvalue weighted by atomic mass is 9.90. The van der Waals surface area contributed by atoms with Gasteiger partial charge in [0.05, 0.1) is 25.4 Å². The molecule has 2 heterocycles. The van der Waals surface area contributed by atoms with Gasteiger partial charge in [-0.15, -0.1) is 0 Å². The first-order valence-corrected chi connectivity index (χ1v) is 9.73.